The third kappa shape index (κ3) is 8.63. The van der Waals surface area contributed by atoms with Crippen molar-refractivity contribution in [2.24, 2.45) is 0 Å². The molecular formula is C35H37N5O4S. The summed E-state index contributed by atoms with van der Waals surface area (Å²) in [4.78, 5) is 17.8. The molecule has 3 aromatic carbocycles. The van der Waals surface area contributed by atoms with Gasteiger partial charge in [0, 0.05) is 36.5 Å². The van der Waals surface area contributed by atoms with Crippen molar-refractivity contribution in [1.82, 2.24) is 20.5 Å². The molecule has 1 fully saturated rings. The molecule has 2 unspecified atom stereocenters. The number of para-hydroxylation sites is 1. The predicted octanol–water partition coefficient (Wildman–Crippen LogP) is 5.95. The normalized spacial score (nSPS) is 16.5. The molecule has 0 saturated carbocycles. The van der Waals surface area contributed by atoms with Gasteiger partial charge in [-0.3, -0.25) is 4.79 Å². The Morgan fingerprint density at radius 3 is 2.42 bits per heavy atom. The lowest BCUT2D eigenvalue weighted by Crippen LogP contribution is -2.47. The van der Waals surface area contributed by atoms with Crippen molar-refractivity contribution in [2.75, 3.05) is 25.0 Å². The van der Waals surface area contributed by atoms with Gasteiger partial charge in [0.2, 0.25) is 11.8 Å². The summed E-state index contributed by atoms with van der Waals surface area (Å²) in [5.41, 5.74) is 5.07. The zero-order chi connectivity index (χ0) is 30.8. The van der Waals surface area contributed by atoms with Gasteiger partial charge in [-0.05, 0) is 42.5 Å². The molecule has 2 aromatic heterocycles. The first-order valence-electron chi connectivity index (χ1n) is 15.3. The van der Waals surface area contributed by atoms with Gasteiger partial charge in [-0.2, -0.15) is 0 Å². The molecule has 0 spiro atoms. The number of aryl methyl sites for hydroxylation is 2. The van der Waals surface area contributed by atoms with E-state index in [0.29, 0.717) is 31.9 Å². The molecule has 10 heteroatoms. The molecule has 3 heterocycles. The Bertz CT molecular complexity index is 1620. The third-order valence-corrected chi connectivity index (χ3v) is 8.61. The smallest absolute Gasteiger partial charge is 0.414 e. The zero-order valence-electron chi connectivity index (χ0n) is 25.2. The van der Waals surface area contributed by atoms with E-state index in [1.807, 2.05) is 66.9 Å². The zero-order valence-corrected chi connectivity index (χ0v) is 26.0. The van der Waals surface area contributed by atoms with E-state index in [0.717, 1.165) is 52.5 Å². The van der Waals surface area contributed by atoms with Gasteiger partial charge in [-0.1, -0.05) is 84.0 Å². The summed E-state index contributed by atoms with van der Waals surface area (Å²) < 4.78 is 17.8. The minimum Gasteiger partial charge on any atom is -0.446 e. The molecule has 5 aromatic rings. The Labute approximate surface area is 267 Å². The topological polar surface area (TPSA) is 111 Å². The fraction of sp³-hybridized carbons (Fsp3) is 0.314. The number of nitrogens with zero attached hydrogens (tertiary/aromatic N) is 3. The molecule has 9 nitrogen and oxygen atoms in total. The van der Waals surface area contributed by atoms with Gasteiger partial charge in [-0.25, -0.2) is 4.98 Å². The van der Waals surface area contributed by atoms with Crippen molar-refractivity contribution in [3.05, 3.63) is 124 Å². The Morgan fingerprint density at radius 2 is 1.69 bits per heavy atom. The van der Waals surface area contributed by atoms with E-state index in [-0.39, 0.29) is 30.1 Å². The fourth-order valence-electron chi connectivity index (χ4n) is 5.58. The SMILES string of the molecule is Cc1nc(Cc2nnc(OCC3CNCC(CCc4ccccc4NC(=O)CC(c4ccccc4)c4ccccc4)O3)o2)cs1. The molecule has 1 aliphatic heterocycles. The second kappa shape index (κ2) is 15.1. The average Bonchev–Trinajstić information content (AvgIpc) is 3.71. The van der Waals surface area contributed by atoms with Gasteiger partial charge < -0.3 is 24.5 Å². The van der Waals surface area contributed by atoms with Crippen LogP contribution in [0.1, 0.15) is 52.0 Å². The highest BCUT2D eigenvalue weighted by Gasteiger charge is 2.24. The fourth-order valence-corrected chi connectivity index (χ4v) is 6.19. The molecule has 2 N–H and O–H groups in total. The van der Waals surface area contributed by atoms with E-state index in [1.165, 1.54) is 0 Å². The lowest BCUT2D eigenvalue weighted by molar-refractivity contribution is -0.116. The van der Waals surface area contributed by atoms with Crippen LogP contribution in [0.5, 0.6) is 6.08 Å². The molecule has 232 valence electrons. The molecule has 45 heavy (non-hydrogen) atoms. The van der Waals surface area contributed by atoms with E-state index in [1.54, 1.807) is 11.3 Å². The Morgan fingerprint density at radius 1 is 0.978 bits per heavy atom. The predicted molar refractivity (Wildman–Crippen MR) is 174 cm³/mol. The number of nitrogens with one attached hydrogen (secondary N) is 2. The van der Waals surface area contributed by atoms with Crippen LogP contribution in [0.25, 0.3) is 0 Å². The van der Waals surface area contributed by atoms with E-state index >= 15 is 0 Å². The molecule has 6 rings (SSSR count). The lowest BCUT2D eigenvalue weighted by atomic mass is 9.88. The lowest BCUT2D eigenvalue weighted by Gasteiger charge is -2.30. The maximum absolute atomic E-state index is 13.4. The highest BCUT2D eigenvalue weighted by atomic mass is 32.1. The standard InChI is InChI=1S/C35H37N5O4S/c1-24-37-28(23-45-24)18-34-39-40-35(44-34)42-22-30-21-36-20-29(43-30)17-16-27-14-8-9-15-32(27)38-33(41)19-31(25-10-4-2-5-11-25)26-12-6-3-7-13-26/h2-15,23,29-31,36H,16-22H2,1H3,(H,38,41). The van der Waals surface area contributed by atoms with Crippen LogP contribution in [0, 0.1) is 6.92 Å². The Hall–Kier alpha value is -4.38. The van der Waals surface area contributed by atoms with Crippen LogP contribution in [-0.2, 0) is 22.4 Å². The number of morpholine rings is 1. The number of carbonyl (C=O) groups is 1. The number of aromatic nitrogens is 3. The average molecular weight is 624 g/mol. The first kappa shape index (κ1) is 30.6. The van der Waals surface area contributed by atoms with Gasteiger partial charge in [0.25, 0.3) is 0 Å². The highest BCUT2D eigenvalue weighted by Crippen LogP contribution is 2.29. The second-order valence-corrected chi connectivity index (χ2v) is 12.2. The van der Waals surface area contributed by atoms with Gasteiger partial charge in [0.1, 0.15) is 12.7 Å². The van der Waals surface area contributed by atoms with Crippen LogP contribution >= 0.6 is 11.3 Å². The number of ether oxygens (including phenoxy) is 2. The van der Waals surface area contributed by atoms with E-state index in [2.05, 4.69) is 56.1 Å². The summed E-state index contributed by atoms with van der Waals surface area (Å²) in [6.07, 6.45) is 2.38. The molecule has 1 aliphatic rings. The van der Waals surface area contributed by atoms with Gasteiger partial charge in [0.05, 0.1) is 23.2 Å². The summed E-state index contributed by atoms with van der Waals surface area (Å²) in [5, 5.41) is 17.7. The second-order valence-electron chi connectivity index (χ2n) is 11.2. The Kier molecular flexibility index (Phi) is 10.3. The molecule has 1 amide bonds. The van der Waals surface area contributed by atoms with E-state index in [4.69, 9.17) is 13.9 Å². The Balaban J connectivity index is 1.00. The van der Waals surface area contributed by atoms with Gasteiger partial charge in [-0.15, -0.1) is 16.4 Å². The van der Waals surface area contributed by atoms with Crippen molar-refractivity contribution in [2.45, 2.75) is 50.7 Å². The number of hydrogen-bond donors (Lipinski definition) is 2. The van der Waals surface area contributed by atoms with E-state index < -0.39 is 0 Å². The van der Waals surface area contributed by atoms with Crippen LogP contribution in [0.15, 0.2) is 94.7 Å². The summed E-state index contributed by atoms with van der Waals surface area (Å²) in [6, 6.07) is 28.4. The van der Waals surface area contributed by atoms with Gasteiger partial charge in [0.15, 0.2) is 0 Å². The molecule has 2 atom stereocenters. The van der Waals surface area contributed by atoms with Crippen LogP contribution in [0.4, 0.5) is 5.69 Å². The number of anilines is 1. The first-order chi connectivity index (χ1) is 22.1. The molecule has 0 radical (unpaired) electrons. The third-order valence-electron chi connectivity index (χ3n) is 7.79. The van der Waals surface area contributed by atoms with Crippen molar-refractivity contribution >= 4 is 22.9 Å². The van der Waals surface area contributed by atoms with Crippen LogP contribution < -0.4 is 15.4 Å². The summed E-state index contributed by atoms with van der Waals surface area (Å²) in [5.74, 6) is 0.428. The number of amides is 1. The number of carbonyl (C=O) groups excluding carboxylic acids is 1. The number of benzene rings is 3. The summed E-state index contributed by atoms with van der Waals surface area (Å²) in [7, 11) is 0. The maximum atomic E-state index is 13.4. The van der Waals surface area contributed by atoms with Crippen molar-refractivity contribution in [1.29, 1.82) is 0 Å². The minimum absolute atomic E-state index is 0.00259. The van der Waals surface area contributed by atoms with Crippen LogP contribution in [0.2, 0.25) is 0 Å². The van der Waals surface area contributed by atoms with Crippen LogP contribution in [0.3, 0.4) is 0 Å². The van der Waals surface area contributed by atoms with Crippen molar-refractivity contribution < 1.29 is 18.7 Å². The van der Waals surface area contributed by atoms with Gasteiger partial charge >= 0.3 is 6.08 Å². The number of rotatable bonds is 13. The summed E-state index contributed by atoms with van der Waals surface area (Å²) in [6.45, 7) is 3.69. The first-order valence-corrected chi connectivity index (χ1v) is 16.2. The molecule has 0 aliphatic carbocycles. The van der Waals surface area contributed by atoms with Crippen LogP contribution in [-0.4, -0.2) is 53.0 Å². The number of hydrogen-bond acceptors (Lipinski definition) is 9. The minimum atomic E-state index is -0.150. The monoisotopic (exact) mass is 623 g/mol. The molecule has 0 bridgehead atoms. The number of thiazole rings is 1. The largest absolute Gasteiger partial charge is 0.446 e. The molecular weight excluding hydrogens is 586 g/mol. The molecule has 1 saturated heterocycles. The quantitative estimate of drug-likeness (QED) is 0.165. The van der Waals surface area contributed by atoms with Crippen molar-refractivity contribution in [3.8, 4) is 6.08 Å². The van der Waals surface area contributed by atoms with Crippen molar-refractivity contribution in [3.63, 3.8) is 0 Å². The summed E-state index contributed by atoms with van der Waals surface area (Å²) >= 11 is 1.59. The highest BCUT2D eigenvalue weighted by molar-refractivity contribution is 7.09. The van der Waals surface area contributed by atoms with E-state index in [9.17, 15) is 4.79 Å². The maximum Gasteiger partial charge on any atom is 0.414 e.